The molecule has 6 heteroatoms. The summed E-state index contributed by atoms with van der Waals surface area (Å²) in [5.74, 6) is 1.20. The van der Waals surface area contributed by atoms with Crippen molar-refractivity contribution in [3.05, 3.63) is 72.6 Å². The molecule has 0 fully saturated rings. The van der Waals surface area contributed by atoms with Crippen LogP contribution in [-0.2, 0) is 6.54 Å². The van der Waals surface area contributed by atoms with Gasteiger partial charge in [-0.1, -0.05) is 48.2 Å². The monoisotopic (exact) mass is 374 g/mol. The fraction of sp³-hybridized carbons (Fsp3) is 0.143. The lowest BCUT2D eigenvalue weighted by Gasteiger charge is -2.07. The second-order valence-electron chi connectivity index (χ2n) is 6.06. The van der Waals surface area contributed by atoms with E-state index in [9.17, 15) is 4.79 Å². The molecule has 0 N–H and O–H groups in total. The number of hydrogen-bond acceptors (Lipinski definition) is 5. The van der Waals surface area contributed by atoms with Crippen LogP contribution in [0.25, 0.3) is 22.2 Å². The van der Waals surface area contributed by atoms with Crippen molar-refractivity contribution in [1.82, 2.24) is 19.7 Å². The van der Waals surface area contributed by atoms with E-state index in [2.05, 4.69) is 15.2 Å². The number of carbonyl (C=O) groups excluding carboxylic acids is 1. The van der Waals surface area contributed by atoms with Crippen LogP contribution in [-0.4, -0.2) is 31.3 Å². The Morgan fingerprint density at radius 1 is 1.00 bits per heavy atom. The quantitative estimate of drug-likeness (QED) is 0.368. The van der Waals surface area contributed by atoms with Crippen molar-refractivity contribution >= 4 is 28.3 Å². The Hall–Kier alpha value is -2.99. The summed E-state index contributed by atoms with van der Waals surface area (Å²) in [5, 5.41) is 11.5. The minimum atomic E-state index is 0.0851. The van der Waals surface area contributed by atoms with Crippen LogP contribution in [0.1, 0.15) is 17.3 Å². The Bertz CT molecular complexity index is 1090. The number of pyridine rings is 1. The zero-order valence-electron chi connectivity index (χ0n) is 14.9. The van der Waals surface area contributed by atoms with Gasteiger partial charge in [-0.2, -0.15) is 0 Å². The van der Waals surface area contributed by atoms with Crippen LogP contribution in [0, 0.1) is 0 Å². The average Bonchev–Trinajstić information content (AvgIpc) is 3.15. The van der Waals surface area contributed by atoms with Gasteiger partial charge in [0.2, 0.25) is 0 Å². The van der Waals surface area contributed by atoms with Crippen LogP contribution >= 0.6 is 11.8 Å². The highest BCUT2D eigenvalue weighted by Crippen LogP contribution is 2.24. The molecule has 0 unspecified atom stereocenters. The molecule has 0 bridgehead atoms. The number of carbonyl (C=O) groups is 1. The molecule has 0 saturated carbocycles. The highest BCUT2D eigenvalue weighted by Gasteiger charge is 2.15. The summed E-state index contributed by atoms with van der Waals surface area (Å²) in [6.45, 7) is 2.78. The second-order valence-corrected chi connectivity index (χ2v) is 7.00. The number of aromatic nitrogens is 4. The van der Waals surface area contributed by atoms with Gasteiger partial charge in [0.1, 0.15) is 0 Å². The van der Waals surface area contributed by atoms with E-state index in [0.29, 0.717) is 5.75 Å². The standard InChI is InChI=1S/C21H18N4OS/c1-2-25-20(16-9-11-22-12-10-16)23-24-21(25)27-14-19(26)18-8-7-15-5-3-4-6-17(15)13-18/h3-13H,2,14H2,1H3. The molecule has 5 nitrogen and oxygen atoms in total. The number of ketones is 1. The first-order valence-electron chi connectivity index (χ1n) is 8.74. The Labute approximate surface area is 161 Å². The summed E-state index contributed by atoms with van der Waals surface area (Å²) in [6, 6.07) is 17.7. The van der Waals surface area contributed by atoms with Gasteiger partial charge in [-0.3, -0.25) is 9.78 Å². The van der Waals surface area contributed by atoms with E-state index in [1.54, 1.807) is 12.4 Å². The molecule has 0 aliphatic heterocycles. The van der Waals surface area contributed by atoms with Crippen LogP contribution in [0.15, 0.2) is 72.1 Å². The fourth-order valence-corrected chi connectivity index (χ4v) is 3.87. The maximum Gasteiger partial charge on any atom is 0.191 e. The largest absolute Gasteiger partial charge is 0.302 e. The number of thioether (sulfide) groups is 1. The zero-order chi connectivity index (χ0) is 18.6. The molecule has 0 aliphatic carbocycles. The highest BCUT2D eigenvalue weighted by atomic mass is 32.2. The van der Waals surface area contributed by atoms with Crippen molar-refractivity contribution < 1.29 is 4.79 Å². The third-order valence-corrected chi connectivity index (χ3v) is 5.34. The number of Topliss-reactive ketones (excluding diaryl/α,β-unsaturated/α-hetero) is 1. The average molecular weight is 374 g/mol. The Balaban J connectivity index is 1.52. The number of hydrogen-bond donors (Lipinski definition) is 0. The van der Waals surface area contributed by atoms with Crippen LogP contribution in [0.5, 0.6) is 0 Å². The topological polar surface area (TPSA) is 60.7 Å². The van der Waals surface area contributed by atoms with Gasteiger partial charge < -0.3 is 4.57 Å². The summed E-state index contributed by atoms with van der Waals surface area (Å²) < 4.78 is 2.02. The maximum atomic E-state index is 12.7. The molecule has 27 heavy (non-hydrogen) atoms. The van der Waals surface area contributed by atoms with Crippen LogP contribution in [0.2, 0.25) is 0 Å². The van der Waals surface area contributed by atoms with Gasteiger partial charge in [0.05, 0.1) is 5.75 Å². The van der Waals surface area contributed by atoms with Crippen molar-refractivity contribution in [2.75, 3.05) is 5.75 Å². The summed E-state index contributed by atoms with van der Waals surface area (Å²) in [6.07, 6.45) is 3.47. The van der Waals surface area contributed by atoms with E-state index in [-0.39, 0.29) is 5.78 Å². The van der Waals surface area contributed by atoms with Crippen molar-refractivity contribution in [3.8, 4) is 11.4 Å². The van der Waals surface area contributed by atoms with Gasteiger partial charge >= 0.3 is 0 Å². The molecule has 0 amide bonds. The van der Waals surface area contributed by atoms with Crippen LogP contribution in [0.4, 0.5) is 0 Å². The summed E-state index contributed by atoms with van der Waals surface area (Å²) >= 11 is 1.42. The first kappa shape index (κ1) is 17.4. The molecule has 134 valence electrons. The molecule has 2 aromatic carbocycles. The zero-order valence-corrected chi connectivity index (χ0v) is 15.7. The molecule has 0 atom stereocenters. The second kappa shape index (κ2) is 7.72. The maximum absolute atomic E-state index is 12.7. The Morgan fingerprint density at radius 2 is 1.78 bits per heavy atom. The molecular weight excluding hydrogens is 356 g/mol. The van der Waals surface area contributed by atoms with Gasteiger partial charge in [0.25, 0.3) is 0 Å². The van der Waals surface area contributed by atoms with E-state index < -0.39 is 0 Å². The Kier molecular flexibility index (Phi) is 4.98. The van der Waals surface area contributed by atoms with E-state index in [1.165, 1.54) is 11.8 Å². The predicted molar refractivity (Wildman–Crippen MR) is 108 cm³/mol. The van der Waals surface area contributed by atoms with E-state index in [1.807, 2.05) is 66.1 Å². The summed E-state index contributed by atoms with van der Waals surface area (Å²) in [5.41, 5.74) is 1.69. The van der Waals surface area contributed by atoms with Gasteiger partial charge in [-0.05, 0) is 35.9 Å². The van der Waals surface area contributed by atoms with Crippen molar-refractivity contribution in [1.29, 1.82) is 0 Å². The van der Waals surface area contributed by atoms with Crippen LogP contribution in [0.3, 0.4) is 0 Å². The number of fused-ring (bicyclic) bond motifs is 1. The molecule has 0 spiro atoms. The number of rotatable bonds is 6. The van der Waals surface area contributed by atoms with Gasteiger partial charge in [0.15, 0.2) is 16.8 Å². The fourth-order valence-electron chi connectivity index (χ4n) is 2.97. The Morgan fingerprint density at radius 3 is 2.56 bits per heavy atom. The van der Waals surface area contributed by atoms with Crippen molar-refractivity contribution in [2.24, 2.45) is 0 Å². The van der Waals surface area contributed by atoms with Crippen molar-refractivity contribution in [2.45, 2.75) is 18.6 Å². The highest BCUT2D eigenvalue weighted by molar-refractivity contribution is 7.99. The molecule has 0 saturated heterocycles. The first-order chi connectivity index (χ1) is 13.3. The van der Waals surface area contributed by atoms with E-state index in [0.717, 1.165) is 39.4 Å². The normalized spacial score (nSPS) is 11.0. The number of nitrogens with zero attached hydrogens (tertiary/aromatic N) is 4. The first-order valence-corrected chi connectivity index (χ1v) is 9.73. The van der Waals surface area contributed by atoms with E-state index in [4.69, 9.17) is 0 Å². The number of benzene rings is 2. The minimum Gasteiger partial charge on any atom is -0.302 e. The van der Waals surface area contributed by atoms with Gasteiger partial charge in [-0.15, -0.1) is 10.2 Å². The molecule has 2 aromatic heterocycles. The molecular formula is C21H18N4OS. The molecule has 0 aliphatic rings. The van der Waals surface area contributed by atoms with Crippen LogP contribution < -0.4 is 0 Å². The lowest BCUT2D eigenvalue weighted by atomic mass is 10.1. The minimum absolute atomic E-state index is 0.0851. The summed E-state index contributed by atoms with van der Waals surface area (Å²) in [7, 11) is 0. The lowest BCUT2D eigenvalue weighted by molar-refractivity contribution is 0.102. The van der Waals surface area contributed by atoms with Crippen molar-refractivity contribution in [3.63, 3.8) is 0 Å². The smallest absolute Gasteiger partial charge is 0.191 e. The molecule has 2 heterocycles. The molecule has 4 rings (SSSR count). The van der Waals surface area contributed by atoms with Gasteiger partial charge in [0, 0.05) is 30.1 Å². The molecule has 0 radical (unpaired) electrons. The van der Waals surface area contributed by atoms with Gasteiger partial charge in [-0.25, -0.2) is 0 Å². The summed E-state index contributed by atoms with van der Waals surface area (Å²) in [4.78, 5) is 16.7. The van der Waals surface area contributed by atoms with E-state index >= 15 is 0 Å². The predicted octanol–water partition coefficient (Wildman–Crippen LogP) is 4.49. The molecule has 4 aromatic rings. The third-order valence-electron chi connectivity index (χ3n) is 4.38. The third kappa shape index (κ3) is 3.61. The SMILES string of the molecule is CCn1c(SCC(=O)c2ccc3ccccc3c2)nnc1-c1ccncc1. The lowest BCUT2D eigenvalue weighted by Crippen LogP contribution is -2.05.